The fourth-order valence-electron chi connectivity index (χ4n) is 2.29. The van der Waals surface area contributed by atoms with Crippen LogP contribution in [0.15, 0.2) is 53.9 Å². The van der Waals surface area contributed by atoms with E-state index in [1.165, 1.54) is 26.0 Å². The van der Waals surface area contributed by atoms with Gasteiger partial charge in [-0.15, -0.1) is 5.10 Å². The first-order chi connectivity index (χ1) is 13.1. The van der Waals surface area contributed by atoms with E-state index in [1.54, 1.807) is 23.1 Å². The Kier molecular flexibility index (Phi) is 6.20. The van der Waals surface area contributed by atoms with Crippen molar-refractivity contribution in [3.63, 3.8) is 0 Å². The summed E-state index contributed by atoms with van der Waals surface area (Å²) in [6, 6.07) is 12.8. The molecule has 0 radical (unpaired) electrons. The van der Waals surface area contributed by atoms with E-state index in [-0.39, 0.29) is 11.7 Å². The van der Waals surface area contributed by atoms with Crippen molar-refractivity contribution in [1.29, 1.82) is 0 Å². The Morgan fingerprint density at radius 3 is 2.63 bits per heavy atom. The van der Waals surface area contributed by atoms with Crippen molar-refractivity contribution in [3.05, 3.63) is 53.8 Å². The quantitative estimate of drug-likeness (QED) is 0.605. The van der Waals surface area contributed by atoms with Crippen LogP contribution in [-0.2, 0) is 4.79 Å². The molecule has 0 aliphatic heterocycles. The predicted octanol–water partition coefficient (Wildman–Crippen LogP) is 3.67. The highest BCUT2D eigenvalue weighted by Crippen LogP contribution is 2.36. The van der Waals surface area contributed by atoms with Gasteiger partial charge in [-0.3, -0.25) is 4.79 Å². The third-order valence-electron chi connectivity index (χ3n) is 3.57. The summed E-state index contributed by atoms with van der Waals surface area (Å²) in [5, 5.41) is 8.02. The first kappa shape index (κ1) is 19.1. The van der Waals surface area contributed by atoms with E-state index >= 15 is 0 Å². The van der Waals surface area contributed by atoms with Crippen molar-refractivity contribution in [1.82, 2.24) is 14.8 Å². The molecule has 1 heterocycles. The van der Waals surface area contributed by atoms with E-state index in [4.69, 9.17) is 21.1 Å². The second-order valence-electron chi connectivity index (χ2n) is 5.33. The van der Waals surface area contributed by atoms with Gasteiger partial charge >= 0.3 is 0 Å². The maximum Gasteiger partial charge on any atom is 0.234 e. The van der Waals surface area contributed by atoms with Crippen LogP contribution in [-0.4, -0.2) is 40.6 Å². The van der Waals surface area contributed by atoms with E-state index in [0.29, 0.717) is 27.4 Å². The molecular weight excluding hydrogens is 388 g/mol. The van der Waals surface area contributed by atoms with Gasteiger partial charge in [-0.1, -0.05) is 41.6 Å². The molecule has 0 bridgehead atoms. The van der Waals surface area contributed by atoms with Crippen LogP contribution in [0.5, 0.6) is 11.5 Å². The molecule has 0 unspecified atom stereocenters. The lowest BCUT2D eigenvalue weighted by Gasteiger charge is -2.12. The molecule has 27 heavy (non-hydrogen) atoms. The van der Waals surface area contributed by atoms with E-state index in [9.17, 15) is 4.79 Å². The fourth-order valence-corrected chi connectivity index (χ4v) is 3.13. The third-order valence-corrected chi connectivity index (χ3v) is 4.72. The molecule has 3 rings (SSSR count). The number of benzene rings is 2. The average Bonchev–Trinajstić information content (AvgIpc) is 3.16. The molecule has 0 spiro atoms. The lowest BCUT2D eigenvalue weighted by atomic mass is 10.2. The molecule has 0 aliphatic rings. The number of nitrogens with one attached hydrogen (secondary N) is 1. The highest BCUT2D eigenvalue weighted by atomic mass is 35.5. The number of ether oxygens (including phenoxy) is 2. The number of para-hydroxylation sites is 1. The second-order valence-corrected chi connectivity index (χ2v) is 6.68. The maximum atomic E-state index is 12.3. The van der Waals surface area contributed by atoms with Crippen LogP contribution >= 0.6 is 23.4 Å². The highest BCUT2D eigenvalue weighted by Gasteiger charge is 2.13. The zero-order chi connectivity index (χ0) is 19.2. The van der Waals surface area contributed by atoms with Crippen molar-refractivity contribution in [3.8, 4) is 17.2 Å². The first-order valence-electron chi connectivity index (χ1n) is 7.92. The Morgan fingerprint density at radius 2 is 1.93 bits per heavy atom. The molecule has 9 heteroatoms. The number of amides is 1. The highest BCUT2D eigenvalue weighted by molar-refractivity contribution is 7.99. The lowest BCUT2D eigenvalue weighted by Crippen LogP contribution is -2.15. The van der Waals surface area contributed by atoms with Crippen LogP contribution in [0.2, 0.25) is 5.02 Å². The van der Waals surface area contributed by atoms with Crippen molar-refractivity contribution in [2.75, 3.05) is 25.3 Å². The fraction of sp³-hybridized carbons (Fsp3) is 0.167. The molecule has 0 fully saturated rings. The van der Waals surface area contributed by atoms with Crippen LogP contribution < -0.4 is 14.8 Å². The molecule has 1 N–H and O–H groups in total. The van der Waals surface area contributed by atoms with Gasteiger partial charge in [0.05, 0.1) is 36.4 Å². The van der Waals surface area contributed by atoms with Crippen LogP contribution in [0, 0.1) is 0 Å². The van der Waals surface area contributed by atoms with E-state index in [2.05, 4.69) is 15.4 Å². The van der Waals surface area contributed by atoms with E-state index in [1.807, 2.05) is 30.3 Å². The Labute approximate surface area is 165 Å². The number of carbonyl (C=O) groups excluding carboxylic acids is 1. The van der Waals surface area contributed by atoms with Crippen molar-refractivity contribution in [2.45, 2.75) is 5.16 Å². The number of carbonyl (C=O) groups is 1. The van der Waals surface area contributed by atoms with Gasteiger partial charge in [0.1, 0.15) is 17.8 Å². The van der Waals surface area contributed by atoms with Gasteiger partial charge in [-0.2, -0.15) is 0 Å². The lowest BCUT2D eigenvalue weighted by molar-refractivity contribution is -0.113. The summed E-state index contributed by atoms with van der Waals surface area (Å²) >= 11 is 7.35. The van der Waals surface area contributed by atoms with Gasteiger partial charge in [0.15, 0.2) is 0 Å². The monoisotopic (exact) mass is 404 g/mol. The maximum absolute atomic E-state index is 12.3. The van der Waals surface area contributed by atoms with Crippen molar-refractivity contribution >= 4 is 35.0 Å². The number of halogens is 1. The number of hydrogen-bond donors (Lipinski definition) is 1. The van der Waals surface area contributed by atoms with Crippen LogP contribution in [0.25, 0.3) is 5.69 Å². The van der Waals surface area contributed by atoms with Gasteiger partial charge in [-0.25, -0.2) is 9.67 Å². The largest absolute Gasteiger partial charge is 0.495 e. The molecule has 0 atom stereocenters. The van der Waals surface area contributed by atoms with Gasteiger partial charge in [0.2, 0.25) is 11.1 Å². The molecule has 1 amide bonds. The molecule has 7 nitrogen and oxygen atoms in total. The average molecular weight is 405 g/mol. The van der Waals surface area contributed by atoms with Gasteiger partial charge in [0.25, 0.3) is 0 Å². The van der Waals surface area contributed by atoms with Gasteiger partial charge < -0.3 is 14.8 Å². The summed E-state index contributed by atoms with van der Waals surface area (Å²) in [6.45, 7) is 0. The van der Waals surface area contributed by atoms with Crippen molar-refractivity contribution < 1.29 is 14.3 Å². The molecule has 3 aromatic rings. The Bertz CT molecular complexity index is 934. The number of aromatic nitrogens is 3. The minimum atomic E-state index is -0.226. The number of thioether (sulfide) groups is 1. The van der Waals surface area contributed by atoms with Crippen LogP contribution in [0.1, 0.15) is 0 Å². The summed E-state index contributed by atoms with van der Waals surface area (Å²) in [5.41, 5.74) is 1.37. The SMILES string of the molecule is COc1cc(OC)c(NC(=O)CSc2ncn(-c3ccccc3)n2)cc1Cl. The molecule has 2 aromatic carbocycles. The summed E-state index contributed by atoms with van der Waals surface area (Å²) in [4.78, 5) is 16.5. The number of methoxy groups -OCH3 is 2. The molecular formula is C18H17ClN4O3S. The molecule has 0 aliphatic carbocycles. The summed E-state index contributed by atoms with van der Waals surface area (Å²) in [6.07, 6.45) is 1.61. The molecule has 0 saturated carbocycles. The summed E-state index contributed by atoms with van der Waals surface area (Å²) in [7, 11) is 3.02. The first-order valence-corrected chi connectivity index (χ1v) is 9.28. The number of hydrogen-bond acceptors (Lipinski definition) is 6. The molecule has 0 saturated heterocycles. The Balaban J connectivity index is 1.62. The zero-order valence-electron chi connectivity index (χ0n) is 14.7. The minimum Gasteiger partial charge on any atom is -0.495 e. The Hall–Kier alpha value is -2.71. The minimum absolute atomic E-state index is 0.144. The number of anilines is 1. The van der Waals surface area contributed by atoms with Gasteiger partial charge in [0, 0.05) is 6.07 Å². The third kappa shape index (κ3) is 4.72. The van der Waals surface area contributed by atoms with Gasteiger partial charge in [-0.05, 0) is 18.2 Å². The smallest absolute Gasteiger partial charge is 0.234 e. The zero-order valence-corrected chi connectivity index (χ0v) is 16.3. The van der Waals surface area contributed by atoms with Crippen LogP contribution in [0.3, 0.4) is 0 Å². The topological polar surface area (TPSA) is 78.3 Å². The Morgan fingerprint density at radius 1 is 1.19 bits per heavy atom. The summed E-state index contributed by atoms with van der Waals surface area (Å²) in [5.74, 6) is 0.847. The number of nitrogens with zero attached hydrogens (tertiary/aromatic N) is 3. The molecule has 1 aromatic heterocycles. The van der Waals surface area contributed by atoms with Crippen LogP contribution in [0.4, 0.5) is 5.69 Å². The molecule has 140 valence electrons. The van der Waals surface area contributed by atoms with E-state index < -0.39 is 0 Å². The van der Waals surface area contributed by atoms with E-state index in [0.717, 1.165) is 5.69 Å². The standard InChI is InChI=1S/C18H17ClN4O3S/c1-25-15-9-16(26-2)14(8-13(15)19)21-17(24)10-27-18-20-11-23(22-18)12-6-4-3-5-7-12/h3-9,11H,10H2,1-2H3,(H,21,24). The van der Waals surface area contributed by atoms with Crippen molar-refractivity contribution in [2.24, 2.45) is 0 Å². The normalized spacial score (nSPS) is 10.5. The summed E-state index contributed by atoms with van der Waals surface area (Å²) < 4.78 is 12.1. The number of rotatable bonds is 7. The second kappa shape index (κ2) is 8.79. The predicted molar refractivity (Wildman–Crippen MR) is 105 cm³/mol.